The van der Waals surface area contributed by atoms with Crippen LogP contribution in [-0.4, -0.2) is 24.4 Å². The molecular weight excluding hydrogens is 500 g/mol. The second kappa shape index (κ2) is 12.8. The lowest BCUT2D eigenvalue weighted by Gasteiger charge is -2.31. The fraction of sp³-hybridized carbons (Fsp3) is 0.364. The second-order valence-electron chi connectivity index (χ2n) is 10.8. The Morgan fingerprint density at radius 3 is 1.93 bits per heavy atom. The molecule has 0 spiro atoms. The molecule has 3 aromatic carbocycles. The smallest absolute Gasteiger partial charge is 0.320 e. The number of amides is 4. The SMILES string of the molecule is CCCC(CCC)CN1C(=O)C(CC(=O)Nc2ccc(C)cc2)(NC(=O)Nc2ccc(C)cc2)c2ccccc21. The number of benzene rings is 3. The van der Waals surface area contributed by atoms with Crippen LogP contribution < -0.4 is 20.9 Å². The monoisotopic (exact) mass is 540 g/mol. The third-order valence-electron chi connectivity index (χ3n) is 7.50. The summed E-state index contributed by atoms with van der Waals surface area (Å²) in [4.78, 5) is 43.0. The molecule has 0 saturated carbocycles. The number of rotatable bonds is 11. The van der Waals surface area contributed by atoms with Crippen LogP contribution in [0.4, 0.5) is 21.9 Å². The first-order chi connectivity index (χ1) is 19.3. The summed E-state index contributed by atoms with van der Waals surface area (Å²) in [5, 5.41) is 8.71. The topological polar surface area (TPSA) is 90.5 Å². The lowest BCUT2D eigenvalue weighted by Crippen LogP contribution is -2.56. The molecule has 0 aliphatic carbocycles. The van der Waals surface area contributed by atoms with E-state index in [4.69, 9.17) is 0 Å². The molecule has 0 fully saturated rings. The van der Waals surface area contributed by atoms with E-state index in [0.717, 1.165) is 42.5 Å². The number of para-hydroxylation sites is 1. The maximum atomic E-state index is 14.4. The first kappa shape index (κ1) is 28.9. The Morgan fingerprint density at radius 1 is 0.800 bits per heavy atom. The van der Waals surface area contributed by atoms with E-state index in [0.29, 0.717) is 29.4 Å². The number of nitrogens with zero attached hydrogens (tertiary/aromatic N) is 1. The minimum absolute atomic E-state index is 0.235. The summed E-state index contributed by atoms with van der Waals surface area (Å²) in [5.74, 6) is -0.322. The van der Waals surface area contributed by atoms with Crippen LogP contribution in [0.1, 0.15) is 62.6 Å². The molecule has 1 atom stereocenters. The summed E-state index contributed by atoms with van der Waals surface area (Å²) in [6.07, 6.45) is 3.82. The van der Waals surface area contributed by atoms with Gasteiger partial charge >= 0.3 is 6.03 Å². The van der Waals surface area contributed by atoms with Gasteiger partial charge in [0.25, 0.3) is 5.91 Å². The Hall–Kier alpha value is -4.13. The van der Waals surface area contributed by atoms with E-state index in [-0.39, 0.29) is 18.2 Å². The number of nitrogens with one attached hydrogen (secondary N) is 3. The molecule has 3 N–H and O–H groups in total. The summed E-state index contributed by atoms with van der Waals surface area (Å²) in [6.45, 7) is 8.79. The molecule has 0 radical (unpaired) electrons. The normalized spacial score (nSPS) is 16.1. The standard InChI is InChI=1S/C33H40N4O3/c1-5-9-25(10-6-2)22-37-29-12-8-7-11-28(29)33(31(37)39,21-30(38)34-26-17-13-23(3)14-18-26)36-32(40)35-27-19-15-24(4)16-20-27/h7-8,11-20,25H,5-6,9-10,21-22H2,1-4H3,(H,34,38)(H2,35,36,40). The van der Waals surface area contributed by atoms with Gasteiger partial charge in [-0.1, -0.05) is 80.3 Å². The number of urea groups is 1. The quantitative estimate of drug-likeness (QED) is 0.247. The van der Waals surface area contributed by atoms with Crippen molar-refractivity contribution >= 4 is 34.9 Å². The molecule has 0 aromatic heterocycles. The van der Waals surface area contributed by atoms with Crippen molar-refractivity contribution in [2.24, 2.45) is 5.92 Å². The Bertz CT molecular complexity index is 1270. The fourth-order valence-electron chi connectivity index (χ4n) is 5.52. The van der Waals surface area contributed by atoms with E-state index < -0.39 is 11.6 Å². The van der Waals surface area contributed by atoms with Crippen molar-refractivity contribution in [1.29, 1.82) is 0 Å². The maximum Gasteiger partial charge on any atom is 0.320 e. The lowest BCUT2D eigenvalue weighted by molar-refractivity contribution is -0.128. The predicted molar refractivity (Wildman–Crippen MR) is 162 cm³/mol. The van der Waals surface area contributed by atoms with Gasteiger partial charge in [0.1, 0.15) is 0 Å². The first-order valence-electron chi connectivity index (χ1n) is 14.2. The minimum Gasteiger partial charge on any atom is -0.326 e. The van der Waals surface area contributed by atoms with E-state index in [1.54, 1.807) is 4.90 Å². The molecule has 0 bridgehead atoms. The van der Waals surface area contributed by atoms with Crippen LogP contribution in [0.25, 0.3) is 0 Å². The van der Waals surface area contributed by atoms with Crippen molar-refractivity contribution < 1.29 is 14.4 Å². The van der Waals surface area contributed by atoms with Crippen LogP contribution in [0.2, 0.25) is 0 Å². The zero-order valence-corrected chi connectivity index (χ0v) is 23.9. The molecule has 1 aliphatic rings. The van der Waals surface area contributed by atoms with Crippen molar-refractivity contribution in [1.82, 2.24) is 5.32 Å². The van der Waals surface area contributed by atoms with E-state index in [1.807, 2.05) is 86.6 Å². The van der Waals surface area contributed by atoms with Crippen LogP contribution in [0.3, 0.4) is 0 Å². The van der Waals surface area contributed by atoms with E-state index >= 15 is 0 Å². The number of anilines is 3. The Labute approximate surface area is 237 Å². The second-order valence-corrected chi connectivity index (χ2v) is 10.8. The van der Waals surface area contributed by atoms with E-state index in [2.05, 4.69) is 29.8 Å². The summed E-state index contributed by atoms with van der Waals surface area (Å²) >= 11 is 0. The van der Waals surface area contributed by atoms with Crippen LogP contribution in [0.15, 0.2) is 72.8 Å². The van der Waals surface area contributed by atoms with Gasteiger partial charge in [-0.2, -0.15) is 0 Å². The number of hydrogen-bond acceptors (Lipinski definition) is 3. The van der Waals surface area contributed by atoms with Crippen molar-refractivity contribution in [2.75, 3.05) is 22.1 Å². The zero-order valence-electron chi connectivity index (χ0n) is 23.9. The molecule has 1 aliphatic heterocycles. The molecule has 210 valence electrons. The van der Waals surface area contributed by atoms with Crippen LogP contribution in [0.5, 0.6) is 0 Å². The van der Waals surface area contributed by atoms with Crippen molar-refractivity contribution in [3.05, 3.63) is 89.5 Å². The fourth-order valence-corrected chi connectivity index (χ4v) is 5.52. The number of fused-ring (bicyclic) bond motifs is 1. The van der Waals surface area contributed by atoms with Crippen LogP contribution in [0, 0.1) is 19.8 Å². The third kappa shape index (κ3) is 6.53. The van der Waals surface area contributed by atoms with E-state index in [1.165, 1.54) is 0 Å². The molecule has 4 rings (SSSR count). The number of aryl methyl sites for hydroxylation is 2. The molecule has 1 unspecified atom stereocenters. The summed E-state index contributed by atoms with van der Waals surface area (Å²) in [5.41, 5.74) is 3.20. The number of hydrogen-bond donors (Lipinski definition) is 3. The molecule has 7 heteroatoms. The third-order valence-corrected chi connectivity index (χ3v) is 7.50. The predicted octanol–water partition coefficient (Wildman–Crippen LogP) is 6.91. The average Bonchev–Trinajstić information content (AvgIpc) is 3.14. The Kier molecular flexibility index (Phi) is 9.25. The summed E-state index contributed by atoms with van der Waals surface area (Å²) < 4.78 is 0. The van der Waals surface area contributed by atoms with Crippen molar-refractivity contribution in [3.8, 4) is 0 Å². The van der Waals surface area contributed by atoms with Gasteiger partial charge in [0.05, 0.1) is 6.42 Å². The highest BCUT2D eigenvalue weighted by molar-refractivity contribution is 6.12. The van der Waals surface area contributed by atoms with E-state index in [9.17, 15) is 14.4 Å². The van der Waals surface area contributed by atoms with Gasteiger partial charge in [-0.25, -0.2) is 4.79 Å². The van der Waals surface area contributed by atoms with Crippen LogP contribution in [-0.2, 0) is 15.1 Å². The molecule has 4 amide bonds. The first-order valence-corrected chi connectivity index (χ1v) is 14.2. The van der Waals surface area contributed by atoms with Crippen LogP contribution >= 0.6 is 0 Å². The number of carbonyl (C=O) groups excluding carboxylic acids is 3. The molecule has 3 aromatic rings. The summed E-state index contributed by atoms with van der Waals surface area (Å²) in [7, 11) is 0. The minimum atomic E-state index is -1.55. The molecule has 40 heavy (non-hydrogen) atoms. The number of carbonyl (C=O) groups is 3. The van der Waals surface area contributed by atoms with Gasteiger partial charge in [0, 0.05) is 29.2 Å². The van der Waals surface area contributed by atoms with Gasteiger partial charge in [-0.05, 0) is 62.9 Å². The zero-order chi connectivity index (χ0) is 28.7. The summed E-state index contributed by atoms with van der Waals surface area (Å²) in [6, 6.07) is 21.8. The highest BCUT2D eigenvalue weighted by Crippen LogP contribution is 2.43. The molecule has 7 nitrogen and oxygen atoms in total. The Balaban J connectivity index is 1.69. The van der Waals surface area contributed by atoms with Gasteiger partial charge in [-0.3, -0.25) is 9.59 Å². The highest BCUT2D eigenvalue weighted by atomic mass is 16.2. The highest BCUT2D eigenvalue weighted by Gasteiger charge is 2.53. The molecular formula is C33H40N4O3. The average molecular weight is 541 g/mol. The Morgan fingerprint density at radius 2 is 1.35 bits per heavy atom. The van der Waals surface area contributed by atoms with Gasteiger partial charge in [0.2, 0.25) is 5.91 Å². The maximum absolute atomic E-state index is 14.4. The van der Waals surface area contributed by atoms with Crippen molar-refractivity contribution in [3.63, 3.8) is 0 Å². The van der Waals surface area contributed by atoms with Gasteiger partial charge in [0.15, 0.2) is 5.54 Å². The van der Waals surface area contributed by atoms with Gasteiger partial charge < -0.3 is 20.9 Å². The van der Waals surface area contributed by atoms with Gasteiger partial charge in [-0.15, -0.1) is 0 Å². The van der Waals surface area contributed by atoms with Crippen molar-refractivity contribution in [2.45, 2.75) is 65.3 Å². The molecule has 0 saturated heterocycles. The largest absolute Gasteiger partial charge is 0.326 e. The molecule has 1 heterocycles. The lowest BCUT2D eigenvalue weighted by atomic mass is 9.87.